The zero-order valence-corrected chi connectivity index (χ0v) is 44.5. The molecule has 8 amide bonds. The van der Waals surface area contributed by atoms with Gasteiger partial charge < -0.3 is 80.2 Å². The number of aliphatic carboxylic acids is 2. The van der Waals surface area contributed by atoms with Crippen molar-refractivity contribution in [1.29, 1.82) is 0 Å². The maximum atomic E-state index is 14.5. The fourth-order valence-electron chi connectivity index (χ4n) is 7.75. The molecule has 0 unspecified atom stereocenters. The first-order valence-corrected chi connectivity index (χ1v) is 25.9. The van der Waals surface area contributed by atoms with Crippen LogP contribution in [-0.2, 0) is 60.8 Å². The zero-order chi connectivity index (χ0) is 57.8. The second-order valence-corrected chi connectivity index (χ2v) is 19.3. The number of benzene rings is 2. The van der Waals surface area contributed by atoms with Crippen LogP contribution in [0.5, 0.6) is 5.75 Å². The molecule has 0 aliphatic heterocycles. The number of carboxylic acids is 2. The Morgan fingerprint density at radius 3 is 1.48 bits per heavy atom. The van der Waals surface area contributed by atoms with E-state index in [1.165, 1.54) is 31.2 Å². The van der Waals surface area contributed by atoms with Gasteiger partial charge in [-0.05, 0) is 93.6 Å². The third-order valence-electron chi connectivity index (χ3n) is 12.7. The monoisotopic (exact) mass is 1080 g/mol. The Morgan fingerprint density at radius 2 is 0.961 bits per heavy atom. The molecule has 0 aliphatic carbocycles. The number of phenols is 1. The fourth-order valence-corrected chi connectivity index (χ4v) is 7.75. The fraction of sp³-hybridized carbons (Fsp3) is 0.577. The molecule has 0 radical (unpaired) electrons. The van der Waals surface area contributed by atoms with Gasteiger partial charge in [-0.3, -0.25) is 43.2 Å². The van der Waals surface area contributed by atoms with Crippen molar-refractivity contribution in [3.63, 3.8) is 0 Å². The number of phenolic OH excluding ortho intramolecular Hbond substituents is 1. The standard InChI is InChI=1S/C52H81N11O14/c1-6-30(4)43(51(75)60-38(26-32-14-8-7-9-15-32)48(72)59-39(27-33-18-20-34(65)21-19-33)49(73)62-42(29(2)3)52(76)77)63-47(71)36(17-11-13-25-54)57-46(70)37(22-23-41(66)67)58-50(74)40(28-64)61-44(68)31(5)56-45(69)35(55)16-10-12-24-53/h7-9,14-15,18-21,29-31,35-40,42-43,64-65H,6,10-13,16-17,22-28,53-55H2,1-5H3,(H,56,69)(H,57,70)(H,58,74)(H,59,72)(H,60,75)(H,61,68)(H,62,73)(H,63,71)(H,66,67)(H,76,77)/t30-,31-,35-,36-,37-,38-,39-,40-,42-,43-/m0/s1. The molecule has 0 saturated carbocycles. The molecule has 0 aliphatic rings. The Kier molecular flexibility index (Phi) is 29.5. The molecule has 18 N–H and O–H groups in total. The first-order chi connectivity index (χ1) is 36.5. The van der Waals surface area contributed by atoms with Gasteiger partial charge in [-0.2, -0.15) is 0 Å². The van der Waals surface area contributed by atoms with Crippen molar-refractivity contribution in [2.24, 2.45) is 29.0 Å². The van der Waals surface area contributed by atoms with Crippen LogP contribution in [0.4, 0.5) is 0 Å². The van der Waals surface area contributed by atoms with Crippen LogP contribution in [0.3, 0.4) is 0 Å². The minimum atomic E-state index is -1.69. The maximum absolute atomic E-state index is 14.5. The lowest BCUT2D eigenvalue weighted by atomic mass is 9.96. The van der Waals surface area contributed by atoms with Gasteiger partial charge in [0.15, 0.2) is 0 Å². The lowest BCUT2D eigenvalue weighted by Gasteiger charge is -2.30. The van der Waals surface area contributed by atoms with Gasteiger partial charge in [0.1, 0.15) is 54.1 Å². The normalized spacial score (nSPS) is 15.0. The van der Waals surface area contributed by atoms with Crippen LogP contribution in [0.25, 0.3) is 0 Å². The summed E-state index contributed by atoms with van der Waals surface area (Å²) in [5.74, 6) is -10.9. The third kappa shape index (κ3) is 23.7. The van der Waals surface area contributed by atoms with Gasteiger partial charge in [0.2, 0.25) is 47.3 Å². The van der Waals surface area contributed by atoms with E-state index in [1.54, 1.807) is 58.0 Å². The summed E-state index contributed by atoms with van der Waals surface area (Å²) in [7, 11) is 0. The molecule has 10 atom stereocenters. The van der Waals surface area contributed by atoms with Gasteiger partial charge in [0.05, 0.1) is 12.6 Å². The first kappa shape index (κ1) is 65.9. The average Bonchev–Trinajstić information content (AvgIpc) is 3.39. The van der Waals surface area contributed by atoms with Crippen LogP contribution < -0.4 is 59.7 Å². The average molecular weight is 1080 g/mol. The molecular weight excluding hydrogens is 1000 g/mol. The number of unbranched alkanes of at least 4 members (excludes halogenated alkanes) is 2. The molecule has 0 fully saturated rings. The van der Waals surface area contributed by atoms with Crippen molar-refractivity contribution >= 4 is 59.2 Å². The molecule has 0 spiro atoms. The van der Waals surface area contributed by atoms with E-state index in [-0.39, 0.29) is 38.0 Å². The highest BCUT2D eigenvalue weighted by Crippen LogP contribution is 2.15. The van der Waals surface area contributed by atoms with Crippen LogP contribution >= 0.6 is 0 Å². The van der Waals surface area contributed by atoms with Crippen molar-refractivity contribution in [2.75, 3.05) is 19.7 Å². The number of carboxylic acid groups (broad SMARTS) is 2. The van der Waals surface area contributed by atoms with Crippen LogP contribution in [0.15, 0.2) is 54.6 Å². The molecule has 0 heterocycles. The maximum Gasteiger partial charge on any atom is 0.326 e. The molecular formula is C52H81N11O14. The smallest absolute Gasteiger partial charge is 0.326 e. The molecule has 0 saturated heterocycles. The van der Waals surface area contributed by atoms with Gasteiger partial charge >= 0.3 is 11.9 Å². The number of rotatable bonds is 36. The number of nitrogens with one attached hydrogen (secondary N) is 8. The number of nitrogens with two attached hydrogens (primary N) is 3. The van der Waals surface area contributed by atoms with E-state index < -0.39 is 145 Å². The highest BCUT2D eigenvalue weighted by atomic mass is 16.4. The van der Waals surface area contributed by atoms with E-state index in [4.69, 9.17) is 17.2 Å². The molecule has 25 heteroatoms. The topological polar surface area (TPSA) is 426 Å². The summed E-state index contributed by atoms with van der Waals surface area (Å²) in [6, 6.07) is 1.97. The minimum Gasteiger partial charge on any atom is -0.508 e. The van der Waals surface area contributed by atoms with E-state index >= 15 is 0 Å². The summed E-state index contributed by atoms with van der Waals surface area (Å²) in [5.41, 5.74) is 18.2. The number of hydrogen-bond acceptors (Lipinski definition) is 15. The molecule has 2 aromatic carbocycles. The quantitative estimate of drug-likeness (QED) is 0.0338. The zero-order valence-electron chi connectivity index (χ0n) is 44.5. The van der Waals surface area contributed by atoms with Crippen molar-refractivity contribution in [3.05, 3.63) is 65.7 Å². The van der Waals surface area contributed by atoms with Crippen molar-refractivity contribution in [1.82, 2.24) is 42.5 Å². The molecule has 2 rings (SSSR count). The summed E-state index contributed by atoms with van der Waals surface area (Å²) in [4.78, 5) is 134. The Hall–Kier alpha value is -7.22. The van der Waals surface area contributed by atoms with E-state index in [0.29, 0.717) is 49.8 Å². The third-order valence-corrected chi connectivity index (χ3v) is 12.7. The Bertz CT molecular complexity index is 2260. The van der Waals surface area contributed by atoms with Crippen molar-refractivity contribution in [3.8, 4) is 5.75 Å². The number of hydrogen-bond donors (Lipinski definition) is 15. The van der Waals surface area contributed by atoms with Crippen molar-refractivity contribution < 1.29 is 68.4 Å². The summed E-state index contributed by atoms with van der Waals surface area (Å²) < 4.78 is 0. The Morgan fingerprint density at radius 1 is 0.506 bits per heavy atom. The van der Waals surface area contributed by atoms with E-state index in [0.717, 1.165) is 0 Å². The number of aliphatic hydroxyl groups is 1. The minimum absolute atomic E-state index is 0.0537. The summed E-state index contributed by atoms with van der Waals surface area (Å²) in [6.07, 6.45) is 1.00. The van der Waals surface area contributed by atoms with Gasteiger partial charge in [0, 0.05) is 19.3 Å². The van der Waals surface area contributed by atoms with E-state index in [1.807, 2.05) is 0 Å². The lowest BCUT2D eigenvalue weighted by Crippen LogP contribution is -2.61. The van der Waals surface area contributed by atoms with Crippen LogP contribution in [0.1, 0.15) is 104 Å². The van der Waals surface area contributed by atoms with Crippen LogP contribution in [-0.4, -0.2) is 154 Å². The Balaban J connectivity index is 2.45. The Labute approximate surface area is 448 Å². The van der Waals surface area contributed by atoms with Crippen LogP contribution in [0.2, 0.25) is 0 Å². The molecule has 0 aromatic heterocycles. The molecule has 77 heavy (non-hydrogen) atoms. The number of carbonyl (C=O) groups excluding carboxylic acids is 8. The second kappa shape index (κ2) is 34.4. The van der Waals surface area contributed by atoms with E-state index in [2.05, 4.69) is 42.5 Å². The molecule has 428 valence electrons. The van der Waals surface area contributed by atoms with Gasteiger partial charge in [-0.1, -0.05) is 83.0 Å². The lowest BCUT2D eigenvalue weighted by molar-refractivity contribution is -0.143. The number of aliphatic hydroxyl groups excluding tert-OH is 1. The van der Waals surface area contributed by atoms with E-state index in [9.17, 15) is 68.4 Å². The van der Waals surface area contributed by atoms with Crippen LogP contribution in [0, 0.1) is 11.8 Å². The predicted octanol–water partition coefficient (Wildman–Crippen LogP) is -1.70. The number of aromatic hydroxyl groups is 1. The predicted molar refractivity (Wildman–Crippen MR) is 283 cm³/mol. The first-order valence-electron chi connectivity index (χ1n) is 25.9. The largest absolute Gasteiger partial charge is 0.508 e. The highest BCUT2D eigenvalue weighted by molar-refractivity contribution is 5.98. The summed E-state index contributed by atoms with van der Waals surface area (Å²) >= 11 is 0. The van der Waals surface area contributed by atoms with Crippen molar-refractivity contribution in [2.45, 2.75) is 160 Å². The summed E-state index contributed by atoms with van der Waals surface area (Å²) in [6.45, 7) is 7.54. The van der Waals surface area contributed by atoms with Gasteiger partial charge in [-0.25, -0.2) is 4.79 Å². The van der Waals surface area contributed by atoms with Gasteiger partial charge in [0.25, 0.3) is 0 Å². The highest BCUT2D eigenvalue weighted by Gasteiger charge is 2.36. The SMILES string of the molecule is CC[C@H](C)[C@H](NC(=O)[C@H](CCCCN)NC(=O)[C@H](CCC(=O)O)NC(=O)[C@H](CO)NC(=O)[C@H](C)NC(=O)[C@@H](N)CCCCN)C(=O)N[C@@H](Cc1ccccc1)C(=O)N[C@@H](Cc1ccc(O)cc1)C(=O)N[C@H](C(=O)O)C(C)C. The number of amides is 8. The second-order valence-electron chi connectivity index (χ2n) is 19.3. The van der Waals surface area contributed by atoms with Gasteiger partial charge in [-0.15, -0.1) is 0 Å². The molecule has 2 aromatic rings. The number of carbonyl (C=O) groups is 10. The summed E-state index contributed by atoms with van der Waals surface area (Å²) in [5, 5.41) is 59.6. The molecule has 25 nitrogen and oxygen atoms in total. The molecule has 0 bridgehead atoms.